The number of furan rings is 1. The van der Waals surface area contributed by atoms with Crippen molar-refractivity contribution in [3.63, 3.8) is 0 Å². The lowest BCUT2D eigenvalue weighted by atomic mass is 10.2. The molecule has 102 valence electrons. The van der Waals surface area contributed by atoms with E-state index in [1.165, 1.54) is 5.56 Å². The number of aromatic nitrogens is 2. The summed E-state index contributed by atoms with van der Waals surface area (Å²) in [5, 5.41) is 7.78. The highest BCUT2D eigenvalue weighted by Crippen LogP contribution is 2.19. The lowest BCUT2D eigenvalue weighted by Gasteiger charge is -2.10. The lowest BCUT2D eigenvalue weighted by Crippen LogP contribution is -2.05. The molecule has 1 unspecified atom stereocenters. The van der Waals surface area contributed by atoms with E-state index in [2.05, 4.69) is 29.5 Å². The van der Waals surface area contributed by atoms with Crippen LogP contribution in [-0.4, -0.2) is 9.78 Å². The van der Waals surface area contributed by atoms with Crippen LogP contribution < -0.4 is 5.32 Å². The van der Waals surface area contributed by atoms with Gasteiger partial charge in [-0.25, -0.2) is 0 Å². The van der Waals surface area contributed by atoms with E-state index >= 15 is 0 Å². The smallest absolute Gasteiger partial charge is 0.0955 e. The van der Waals surface area contributed by atoms with E-state index in [1.807, 2.05) is 41.3 Å². The van der Waals surface area contributed by atoms with E-state index in [0.29, 0.717) is 0 Å². The van der Waals surface area contributed by atoms with E-state index < -0.39 is 0 Å². The van der Waals surface area contributed by atoms with Crippen molar-refractivity contribution in [3.05, 3.63) is 72.4 Å². The highest BCUT2D eigenvalue weighted by molar-refractivity contribution is 5.41. The van der Waals surface area contributed by atoms with Gasteiger partial charge >= 0.3 is 0 Å². The fraction of sp³-hybridized carbons (Fsp3) is 0.188. The second kappa shape index (κ2) is 5.65. The zero-order chi connectivity index (χ0) is 13.8. The molecule has 0 saturated heterocycles. The summed E-state index contributed by atoms with van der Waals surface area (Å²) >= 11 is 0. The van der Waals surface area contributed by atoms with Gasteiger partial charge in [0.2, 0.25) is 0 Å². The zero-order valence-corrected chi connectivity index (χ0v) is 11.4. The predicted molar refractivity (Wildman–Crippen MR) is 78.5 cm³/mol. The molecule has 0 amide bonds. The number of anilines is 1. The van der Waals surface area contributed by atoms with Crippen molar-refractivity contribution in [1.29, 1.82) is 0 Å². The molecule has 4 nitrogen and oxygen atoms in total. The maximum Gasteiger partial charge on any atom is 0.0955 e. The Hall–Kier alpha value is -2.49. The first-order valence-corrected chi connectivity index (χ1v) is 6.66. The van der Waals surface area contributed by atoms with Crippen molar-refractivity contribution < 1.29 is 4.42 Å². The maximum atomic E-state index is 5.10. The molecule has 2 aromatic heterocycles. The molecule has 1 atom stereocenters. The van der Waals surface area contributed by atoms with Crippen LogP contribution in [0.25, 0.3) is 0 Å². The summed E-state index contributed by atoms with van der Waals surface area (Å²) in [6.07, 6.45) is 7.31. The molecular formula is C16H17N3O. The molecule has 1 aromatic carbocycles. The fourth-order valence-electron chi connectivity index (χ4n) is 2.15. The molecule has 0 saturated carbocycles. The van der Waals surface area contributed by atoms with Gasteiger partial charge in [0.25, 0.3) is 0 Å². The first-order chi connectivity index (χ1) is 9.81. The molecule has 0 fully saturated rings. The van der Waals surface area contributed by atoms with Gasteiger partial charge in [-0.1, -0.05) is 30.3 Å². The van der Waals surface area contributed by atoms with Gasteiger partial charge in [-0.3, -0.25) is 4.68 Å². The van der Waals surface area contributed by atoms with E-state index in [9.17, 15) is 0 Å². The maximum absolute atomic E-state index is 5.10. The Balaban J connectivity index is 1.65. The number of hydrogen-bond acceptors (Lipinski definition) is 3. The highest BCUT2D eigenvalue weighted by atomic mass is 16.3. The molecule has 0 aliphatic rings. The molecule has 0 aliphatic heterocycles. The number of nitrogens with zero attached hydrogens (tertiary/aromatic N) is 2. The minimum absolute atomic E-state index is 0.197. The van der Waals surface area contributed by atoms with Crippen LogP contribution in [0.1, 0.15) is 24.1 Å². The lowest BCUT2D eigenvalue weighted by molar-refractivity contribution is 0.562. The topological polar surface area (TPSA) is 43.0 Å². The Bertz CT molecular complexity index is 643. The fourth-order valence-corrected chi connectivity index (χ4v) is 2.15. The molecule has 3 aromatic rings. The Morgan fingerprint density at radius 3 is 2.85 bits per heavy atom. The Morgan fingerprint density at radius 1 is 1.25 bits per heavy atom. The summed E-state index contributed by atoms with van der Waals surface area (Å²) in [4.78, 5) is 0. The SMILES string of the molecule is CC(Nc1cnn(Cc2ccccc2)c1)c1ccoc1. The average Bonchev–Trinajstić information content (AvgIpc) is 3.11. The minimum atomic E-state index is 0.197. The normalized spacial score (nSPS) is 12.2. The predicted octanol–water partition coefficient (Wildman–Crippen LogP) is 3.70. The Kier molecular flexibility index (Phi) is 3.54. The summed E-state index contributed by atoms with van der Waals surface area (Å²) in [5.74, 6) is 0. The zero-order valence-electron chi connectivity index (χ0n) is 11.4. The molecular weight excluding hydrogens is 250 g/mol. The van der Waals surface area contributed by atoms with E-state index in [1.54, 1.807) is 12.5 Å². The van der Waals surface area contributed by atoms with Crippen LogP contribution in [0, 0.1) is 0 Å². The third kappa shape index (κ3) is 2.91. The van der Waals surface area contributed by atoms with E-state index in [4.69, 9.17) is 4.42 Å². The average molecular weight is 267 g/mol. The quantitative estimate of drug-likeness (QED) is 0.766. The number of nitrogens with one attached hydrogen (secondary N) is 1. The van der Waals surface area contributed by atoms with Crippen LogP contribution >= 0.6 is 0 Å². The van der Waals surface area contributed by atoms with Crippen LogP contribution in [0.4, 0.5) is 5.69 Å². The van der Waals surface area contributed by atoms with Gasteiger partial charge < -0.3 is 9.73 Å². The number of hydrogen-bond donors (Lipinski definition) is 1. The molecule has 0 aliphatic carbocycles. The van der Waals surface area contributed by atoms with Gasteiger partial charge in [0.1, 0.15) is 0 Å². The van der Waals surface area contributed by atoms with Crippen molar-refractivity contribution in [2.24, 2.45) is 0 Å². The first kappa shape index (κ1) is 12.5. The summed E-state index contributed by atoms with van der Waals surface area (Å²) in [6.45, 7) is 2.88. The van der Waals surface area contributed by atoms with Crippen LogP contribution in [0.2, 0.25) is 0 Å². The van der Waals surface area contributed by atoms with E-state index in [0.717, 1.165) is 17.8 Å². The summed E-state index contributed by atoms with van der Waals surface area (Å²) in [5.41, 5.74) is 3.38. The number of rotatable bonds is 5. The Morgan fingerprint density at radius 2 is 2.10 bits per heavy atom. The van der Waals surface area contributed by atoms with Crippen molar-refractivity contribution >= 4 is 5.69 Å². The summed E-state index contributed by atoms with van der Waals surface area (Å²) in [7, 11) is 0. The van der Waals surface area contributed by atoms with Gasteiger partial charge in [0, 0.05) is 11.8 Å². The summed E-state index contributed by atoms with van der Waals surface area (Å²) in [6, 6.07) is 12.5. The molecule has 1 N–H and O–H groups in total. The molecule has 4 heteroatoms. The van der Waals surface area contributed by atoms with Gasteiger partial charge in [-0.05, 0) is 18.6 Å². The minimum Gasteiger partial charge on any atom is -0.472 e. The van der Waals surface area contributed by atoms with Crippen LogP contribution in [-0.2, 0) is 6.54 Å². The monoisotopic (exact) mass is 267 g/mol. The Labute approximate surface area is 118 Å². The summed E-state index contributed by atoms with van der Waals surface area (Å²) < 4.78 is 7.03. The van der Waals surface area contributed by atoms with Crippen molar-refractivity contribution in [2.45, 2.75) is 19.5 Å². The van der Waals surface area contributed by atoms with Crippen LogP contribution in [0.5, 0.6) is 0 Å². The second-order valence-electron chi connectivity index (χ2n) is 4.83. The van der Waals surface area contributed by atoms with Crippen LogP contribution in [0.15, 0.2) is 65.7 Å². The van der Waals surface area contributed by atoms with Gasteiger partial charge in [-0.15, -0.1) is 0 Å². The third-order valence-electron chi connectivity index (χ3n) is 3.25. The second-order valence-corrected chi connectivity index (χ2v) is 4.83. The third-order valence-corrected chi connectivity index (χ3v) is 3.25. The standard InChI is InChI=1S/C16H17N3O/c1-13(15-7-8-20-12-15)18-16-9-17-19(11-16)10-14-5-3-2-4-6-14/h2-9,11-13,18H,10H2,1H3. The highest BCUT2D eigenvalue weighted by Gasteiger charge is 2.07. The van der Waals surface area contributed by atoms with Gasteiger partial charge in [-0.2, -0.15) is 5.10 Å². The van der Waals surface area contributed by atoms with Crippen LogP contribution in [0.3, 0.4) is 0 Å². The first-order valence-electron chi connectivity index (χ1n) is 6.66. The van der Waals surface area contributed by atoms with Crippen molar-refractivity contribution in [1.82, 2.24) is 9.78 Å². The molecule has 0 spiro atoms. The van der Waals surface area contributed by atoms with Gasteiger partial charge in [0.15, 0.2) is 0 Å². The molecule has 0 bridgehead atoms. The molecule has 2 heterocycles. The van der Waals surface area contributed by atoms with Crippen molar-refractivity contribution in [2.75, 3.05) is 5.32 Å². The van der Waals surface area contributed by atoms with Crippen molar-refractivity contribution in [3.8, 4) is 0 Å². The molecule has 3 rings (SSSR count). The van der Waals surface area contributed by atoms with Gasteiger partial charge in [0.05, 0.1) is 37.0 Å². The largest absolute Gasteiger partial charge is 0.472 e. The molecule has 20 heavy (non-hydrogen) atoms. The number of benzene rings is 1. The molecule has 0 radical (unpaired) electrons. The van der Waals surface area contributed by atoms with E-state index in [-0.39, 0.29) is 6.04 Å².